The maximum absolute atomic E-state index is 12.5. The highest BCUT2D eigenvalue weighted by molar-refractivity contribution is 7.89. The molecule has 0 bridgehead atoms. The molecule has 1 fully saturated rings. The molecule has 114 valence electrons. The van der Waals surface area contributed by atoms with Crippen LogP contribution in [0.1, 0.15) is 59.8 Å². The van der Waals surface area contributed by atoms with Crippen LogP contribution in [0.4, 0.5) is 0 Å². The molecule has 0 aliphatic heterocycles. The highest BCUT2D eigenvalue weighted by atomic mass is 32.2. The molecule has 2 N–H and O–H groups in total. The summed E-state index contributed by atoms with van der Waals surface area (Å²) in [5.41, 5.74) is 5.95. The number of hydrogen-bond acceptors (Lipinski definition) is 3. The fraction of sp³-hybridized carbons (Fsp3) is 1.00. The van der Waals surface area contributed by atoms with Crippen LogP contribution in [0, 0.1) is 5.41 Å². The lowest BCUT2D eigenvalue weighted by molar-refractivity contribution is 0.246. The van der Waals surface area contributed by atoms with E-state index < -0.39 is 10.0 Å². The number of nitrogens with zero attached hydrogens (tertiary/aromatic N) is 1. The van der Waals surface area contributed by atoms with Crippen molar-refractivity contribution in [3.63, 3.8) is 0 Å². The fourth-order valence-corrected chi connectivity index (χ4v) is 4.79. The summed E-state index contributed by atoms with van der Waals surface area (Å²) in [6.07, 6.45) is 4.40. The third-order valence-corrected chi connectivity index (χ3v) is 5.92. The zero-order valence-electron chi connectivity index (χ0n) is 12.9. The van der Waals surface area contributed by atoms with Crippen molar-refractivity contribution < 1.29 is 8.42 Å². The number of sulfonamides is 1. The molecule has 0 spiro atoms. The van der Waals surface area contributed by atoms with Gasteiger partial charge in [0, 0.05) is 18.6 Å². The topological polar surface area (TPSA) is 63.4 Å². The molecule has 1 aliphatic rings. The minimum atomic E-state index is -3.13. The van der Waals surface area contributed by atoms with Crippen molar-refractivity contribution in [3.8, 4) is 0 Å². The quantitative estimate of drug-likeness (QED) is 0.845. The van der Waals surface area contributed by atoms with Crippen molar-refractivity contribution in [2.45, 2.75) is 71.9 Å². The van der Waals surface area contributed by atoms with Gasteiger partial charge in [-0.2, -0.15) is 4.31 Å². The van der Waals surface area contributed by atoms with Gasteiger partial charge < -0.3 is 5.73 Å². The largest absolute Gasteiger partial charge is 0.328 e. The van der Waals surface area contributed by atoms with Crippen LogP contribution in [0.3, 0.4) is 0 Å². The Hall–Kier alpha value is -0.130. The minimum Gasteiger partial charge on any atom is -0.328 e. The van der Waals surface area contributed by atoms with Crippen LogP contribution < -0.4 is 5.73 Å². The molecule has 19 heavy (non-hydrogen) atoms. The first-order chi connectivity index (χ1) is 8.65. The minimum absolute atomic E-state index is 0.0569. The lowest BCUT2D eigenvalue weighted by Gasteiger charge is -2.35. The van der Waals surface area contributed by atoms with Crippen molar-refractivity contribution >= 4 is 10.0 Å². The maximum atomic E-state index is 12.5. The molecule has 1 aliphatic carbocycles. The van der Waals surface area contributed by atoms with E-state index in [1.807, 2.05) is 6.92 Å². The molecular weight excluding hydrogens is 260 g/mol. The van der Waals surface area contributed by atoms with E-state index in [1.54, 1.807) is 4.31 Å². The predicted octanol–water partition coefficient (Wildman–Crippen LogP) is 2.34. The molecule has 5 heteroatoms. The first-order valence-corrected chi connectivity index (χ1v) is 9.02. The Morgan fingerprint density at radius 2 is 1.68 bits per heavy atom. The SMILES string of the molecule is CCN(C1CCC(N)CC1)S(=O)(=O)CCC(C)(C)C. The second-order valence-electron chi connectivity index (χ2n) is 6.90. The first kappa shape index (κ1) is 16.9. The molecule has 0 aromatic heterocycles. The Labute approximate surface area is 118 Å². The Morgan fingerprint density at radius 1 is 1.16 bits per heavy atom. The summed E-state index contributed by atoms with van der Waals surface area (Å²) in [5.74, 6) is 0.257. The highest BCUT2D eigenvalue weighted by Crippen LogP contribution is 2.26. The number of rotatable bonds is 5. The summed E-state index contributed by atoms with van der Waals surface area (Å²) in [6, 6.07) is 0.419. The third kappa shape index (κ3) is 5.40. The summed E-state index contributed by atoms with van der Waals surface area (Å²) in [6.45, 7) is 8.75. The summed E-state index contributed by atoms with van der Waals surface area (Å²) in [4.78, 5) is 0. The summed E-state index contributed by atoms with van der Waals surface area (Å²) < 4.78 is 26.7. The summed E-state index contributed by atoms with van der Waals surface area (Å²) >= 11 is 0. The molecular formula is C14H30N2O2S. The van der Waals surface area contributed by atoms with Crippen LogP contribution in [0.5, 0.6) is 0 Å². The first-order valence-electron chi connectivity index (χ1n) is 7.41. The average Bonchev–Trinajstić information content (AvgIpc) is 2.29. The van der Waals surface area contributed by atoms with Gasteiger partial charge in [0.15, 0.2) is 0 Å². The number of nitrogens with two attached hydrogens (primary N) is 1. The molecule has 0 radical (unpaired) electrons. The van der Waals surface area contributed by atoms with Crippen molar-refractivity contribution in [3.05, 3.63) is 0 Å². The molecule has 0 heterocycles. The van der Waals surface area contributed by atoms with Gasteiger partial charge in [-0.05, 0) is 37.5 Å². The van der Waals surface area contributed by atoms with Gasteiger partial charge in [-0.15, -0.1) is 0 Å². The molecule has 1 rings (SSSR count). The van der Waals surface area contributed by atoms with E-state index in [-0.39, 0.29) is 23.3 Å². The lowest BCUT2D eigenvalue weighted by Crippen LogP contribution is -2.45. The number of hydrogen-bond donors (Lipinski definition) is 1. The van der Waals surface area contributed by atoms with E-state index in [4.69, 9.17) is 5.73 Å². The van der Waals surface area contributed by atoms with Gasteiger partial charge in [-0.1, -0.05) is 27.7 Å². The van der Waals surface area contributed by atoms with Crippen LogP contribution in [-0.2, 0) is 10.0 Å². The van der Waals surface area contributed by atoms with Gasteiger partial charge >= 0.3 is 0 Å². The van der Waals surface area contributed by atoms with Crippen molar-refractivity contribution in [2.24, 2.45) is 11.1 Å². The van der Waals surface area contributed by atoms with Crippen LogP contribution in [0.25, 0.3) is 0 Å². The average molecular weight is 290 g/mol. The van der Waals surface area contributed by atoms with Gasteiger partial charge in [0.2, 0.25) is 10.0 Å². The maximum Gasteiger partial charge on any atom is 0.214 e. The van der Waals surface area contributed by atoms with Crippen LogP contribution in [0.15, 0.2) is 0 Å². The van der Waals surface area contributed by atoms with Gasteiger partial charge in [-0.3, -0.25) is 0 Å². The zero-order chi connectivity index (χ0) is 14.7. The Morgan fingerprint density at radius 3 is 2.11 bits per heavy atom. The van der Waals surface area contributed by atoms with Crippen molar-refractivity contribution in [2.75, 3.05) is 12.3 Å². The highest BCUT2D eigenvalue weighted by Gasteiger charge is 2.31. The monoisotopic (exact) mass is 290 g/mol. The Balaban J connectivity index is 2.67. The molecule has 0 aromatic carbocycles. The zero-order valence-corrected chi connectivity index (χ0v) is 13.7. The Kier molecular flexibility index (Phi) is 5.83. The van der Waals surface area contributed by atoms with E-state index >= 15 is 0 Å². The van der Waals surface area contributed by atoms with E-state index in [1.165, 1.54) is 0 Å². The third-order valence-electron chi connectivity index (χ3n) is 3.93. The van der Waals surface area contributed by atoms with Gasteiger partial charge in [0.05, 0.1) is 5.75 Å². The van der Waals surface area contributed by atoms with Crippen LogP contribution in [0.2, 0.25) is 0 Å². The van der Waals surface area contributed by atoms with Crippen LogP contribution in [-0.4, -0.2) is 37.1 Å². The van der Waals surface area contributed by atoms with E-state index in [2.05, 4.69) is 20.8 Å². The fourth-order valence-electron chi connectivity index (χ4n) is 2.62. The van der Waals surface area contributed by atoms with Gasteiger partial charge in [0.1, 0.15) is 0 Å². The lowest BCUT2D eigenvalue weighted by atomic mass is 9.92. The van der Waals surface area contributed by atoms with E-state index in [0.29, 0.717) is 13.0 Å². The molecule has 0 aromatic rings. The normalized spacial score (nSPS) is 25.8. The van der Waals surface area contributed by atoms with Crippen molar-refractivity contribution in [1.29, 1.82) is 0 Å². The smallest absolute Gasteiger partial charge is 0.214 e. The van der Waals surface area contributed by atoms with Gasteiger partial charge in [0.25, 0.3) is 0 Å². The molecule has 0 unspecified atom stereocenters. The van der Waals surface area contributed by atoms with E-state index in [0.717, 1.165) is 25.7 Å². The summed E-state index contributed by atoms with van der Waals surface area (Å²) in [7, 11) is -3.13. The summed E-state index contributed by atoms with van der Waals surface area (Å²) in [5, 5.41) is 0. The van der Waals surface area contributed by atoms with Gasteiger partial charge in [-0.25, -0.2) is 8.42 Å². The predicted molar refractivity (Wildman–Crippen MR) is 80.5 cm³/mol. The molecule has 0 atom stereocenters. The van der Waals surface area contributed by atoms with Crippen molar-refractivity contribution in [1.82, 2.24) is 4.31 Å². The molecule has 0 saturated heterocycles. The second kappa shape index (κ2) is 6.55. The standard InChI is InChI=1S/C14H30N2O2S/c1-5-16(13-8-6-12(15)7-9-13)19(17,18)11-10-14(2,3)4/h12-13H,5-11,15H2,1-4H3. The molecule has 1 saturated carbocycles. The Bertz CT molecular complexity index is 365. The molecule has 0 amide bonds. The molecule has 4 nitrogen and oxygen atoms in total. The van der Waals surface area contributed by atoms with Crippen LogP contribution >= 0.6 is 0 Å². The van der Waals surface area contributed by atoms with E-state index in [9.17, 15) is 8.42 Å². The second-order valence-corrected chi connectivity index (χ2v) is 8.94.